The molecule has 0 radical (unpaired) electrons. The Morgan fingerprint density at radius 2 is 2.33 bits per heavy atom. The van der Waals surface area contributed by atoms with Crippen LogP contribution in [0.15, 0.2) is 0 Å². The number of nitrogens with one attached hydrogen (secondary N) is 1. The van der Waals surface area contributed by atoms with E-state index in [1.54, 1.807) is 0 Å². The quantitative estimate of drug-likeness (QED) is 0.759. The number of likely N-dealkylation sites (N-methyl/N-ethyl adjacent to an activating group) is 1. The minimum atomic E-state index is 0.491. The lowest BCUT2D eigenvalue weighted by Crippen LogP contribution is -2.42. The van der Waals surface area contributed by atoms with Crippen molar-refractivity contribution >= 4 is 0 Å². The van der Waals surface area contributed by atoms with E-state index in [-0.39, 0.29) is 0 Å². The number of nitrogens with zero attached hydrogens (tertiary/aromatic N) is 1. The normalized spacial score (nSPS) is 34.8. The molecule has 2 rings (SSSR count). The van der Waals surface area contributed by atoms with Crippen LogP contribution < -0.4 is 5.32 Å². The molecule has 2 heterocycles. The number of rotatable bonds is 4. The highest BCUT2D eigenvalue weighted by Crippen LogP contribution is 2.22. The van der Waals surface area contributed by atoms with Gasteiger partial charge in [-0.2, -0.15) is 0 Å². The van der Waals surface area contributed by atoms with Crippen molar-refractivity contribution in [1.29, 1.82) is 0 Å². The lowest BCUT2D eigenvalue weighted by Gasteiger charge is -2.28. The molecule has 2 aliphatic heterocycles. The summed E-state index contributed by atoms with van der Waals surface area (Å²) >= 11 is 0. The second-order valence-electron chi connectivity index (χ2n) is 4.83. The van der Waals surface area contributed by atoms with Crippen LogP contribution in [0.3, 0.4) is 0 Å². The summed E-state index contributed by atoms with van der Waals surface area (Å²) in [6, 6.07) is 1.31. The largest absolute Gasteiger partial charge is 0.377 e. The summed E-state index contributed by atoms with van der Waals surface area (Å²) in [6.07, 6.45) is 4.29. The maximum Gasteiger partial charge on any atom is 0.0728 e. The Hall–Kier alpha value is -0.120. The van der Waals surface area contributed by atoms with Crippen molar-refractivity contribution < 1.29 is 4.74 Å². The monoisotopic (exact) mass is 212 g/mol. The van der Waals surface area contributed by atoms with Gasteiger partial charge in [0.05, 0.1) is 6.10 Å². The lowest BCUT2D eigenvalue weighted by atomic mass is 10.1. The molecule has 3 heteroatoms. The highest BCUT2D eigenvalue weighted by Gasteiger charge is 2.31. The molecule has 0 amide bonds. The van der Waals surface area contributed by atoms with E-state index in [2.05, 4.69) is 24.1 Å². The molecular formula is C12H24N2O. The van der Waals surface area contributed by atoms with Crippen LogP contribution in [-0.4, -0.2) is 49.3 Å². The molecule has 2 aliphatic rings. The molecule has 0 saturated carbocycles. The molecule has 1 N–H and O–H groups in total. The third kappa shape index (κ3) is 2.71. The van der Waals surface area contributed by atoms with E-state index in [0.29, 0.717) is 18.2 Å². The summed E-state index contributed by atoms with van der Waals surface area (Å²) in [5.41, 5.74) is 0. The molecule has 0 aromatic rings. The van der Waals surface area contributed by atoms with Gasteiger partial charge in [0.15, 0.2) is 0 Å². The van der Waals surface area contributed by atoms with Crippen molar-refractivity contribution in [1.82, 2.24) is 10.2 Å². The molecule has 2 saturated heterocycles. The zero-order valence-electron chi connectivity index (χ0n) is 10.0. The van der Waals surface area contributed by atoms with E-state index in [9.17, 15) is 0 Å². The highest BCUT2D eigenvalue weighted by molar-refractivity contribution is 4.87. The first-order chi connectivity index (χ1) is 7.31. The smallest absolute Gasteiger partial charge is 0.0728 e. The molecule has 3 unspecified atom stereocenters. The zero-order chi connectivity index (χ0) is 10.7. The first-order valence-electron chi connectivity index (χ1n) is 6.40. The van der Waals surface area contributed by atoms with Crippen molar-refractivity contribution in [3.05, 3.63) is 0 Å². The van der Waals surface area contributed by atoms with Crippen LogP contribution in [0.1, 0.15) is 33.1 Å². The van der Waals surface area contributed by atoms with E-state index in [1.165, 1.54) is 32.4 Å². The standard InChI is InChI=1S/C12H24N2O/c1-3-13-11-6-7-14(9-11)10(2)12-5-4-8-15-12/h10-13H,3-9H2,1-2H3. The molecule has 0 aromatic carbocycles. The van der Waals surface area contributed by atoms with Crippen molar-refractivity contribution in [2.24, 2.45) is 0 Å². The van der Waals surface area contributed by atoms with Gasteiger partial charge in [-0.05, 0) is 32.7 Å². The second-order valence-corrected chi connectivity index (χ2v) is 4.83. The van der Waals surface area contributed by atoms with Gasteiger partial charge in [-0.25, -0.2) is 0 Å². The van der Waals surface area contributed by atoms with Crippen LogP contribution >= 0.6 is 0 Å². The van der Waals surface area contributed by atoms with E-state index >= 15 is 0 Å². The summed E-state index contributed by atoms with van der Waals surface area (Å²) in [4.78, 5) is 2.59. The van der Waals surface area contributed by atoms with E-state index < -0.39 is 0 Å². The van der Waals surface area contributed by atoms with Crippen molar-refractivity contribution in [2.45, 2.75) is 51.3 Å². The van der Waals surface area contributed by atoms with Crippen LogP contribution in [0.5, 0.6) is 0 Å². The molecule has 0 aromatic heterocycles. The van der Waals surface area contributed by atoms with Gasteiger partial charge in [-0.3, -0.25) is 4.90 Å². The summed E-state index contributed by atoms with van der Waals surface area (Å²) < 4.78 is 5.76. The fraction of sp³-hybridized carbons (Fsp3) is 1.00. The third-order valence-electron chi connectivity index (χ3n) is 3.79. The Balaban J connectivity index is 1.79. The predicted octanol–water partition coefficient (Wildman–Crippen LogP) is 1.24. The topological polar surface area (TPSA) is 24.5 Å². The van der Waals surface area contributed by atoms with Gasteiger partial charge in [0, 0.05) is 31.8 Å². The number of hydrogen-bond donors (Lipinski definition) is 1. The first-order valence-corrected chi connectivity index (χ1v) is 6.40. The van der Waals surface area contributed by atoms with Crippen LogP contribution in [0.2, 0.25) is 0 Å². The molecule has 0 spiro atoms. The Bertz CT molecular complexity index is 192. The summed E-state index contributed by atoms with van der Waals surface area (Å²) in [7, 11) is 0. The number of likely N-dealkylation sites (tertiary alicyclic amines) is 1. The Morgan fingerprint density at radius 3 is 3.00 bits per heavy atom. The van der Waals surface area contributed by atoms with E-state index in [1.807, 2.05) is 0 Å². The molecule has 15 heavy (non-hydrogen) atoms. The van der Waals surface area contributed by atoms with Gasteiger partial charge >= 0.3 is 0 Å². The predicted molar refractivity (Wildman–Crippen MR) is 62.1 cm³/mol. The van der Waals surface area contributed by atoms with Crippen LogP contribution in [0.4, 0.5) is 0 Å². The third-order valence-corrected chi connectivity index (χ3v) is 3.79. The van der Waals surface area contributed by atoms with Gasteiger partial charge in [0.2, 0.25) is 0 Å². The average molecular weight is 212 g/mol. The van der Waals surface area contributed by atoms with Crippen LogP contribution in [0, 0.1) is 0 Å². The highest BCUT2D eigenvalue weighted by atomic mass is 16.5. The molecule has 3 nitrogen and oxygen atoms in total. The average Bonchev–Trinajstić information content (AvgIpc) is 2.87. The molecule has 3 atom stereocenters. The maximum absolute atomic E-state index is 5.76. The SMILES string of the molecule is CCNC1CCN(C(C)C2CCCO2)C1. The van der Waals surface area contributed by atoms with Gasteiger partial charge < -0.3 is 10.1 Å². The molecule has 0 bridgehead atoms. The summed E-state index contributed by atoms with van der Waals surface area (Å²) in [5, 5.41) is 3.54. The minimum absolute atomic E-state index is 0.491. The fourth-order valence-corrected chi connectivity index (χ4v) is 2.83. The molecule has 0 aliphatic carbocycles. The Labute approximate surface area is 93.2 Å². The molecule has 88 valence electrons. The molecular weight excluding hydrogens is 188 g/mol. The van der Waals surface area contributed by atoms with Crippen molar-refractivity contribution in [2.75, 3.05) is 26.2 Å². The number of hydrogen-bond acceptors (Lipinski definition) is 3. The van der Waals surface area contributed by atoms with Gasteiger partial charge in [0.25, 0.3) is 0 Å². The molecule has 2 fully saturated rings. The summed E-state index contributed by atoms with van der Waals surface area (Å²) in [5.74, 6) is 0. The van der Waals surface area contributed by atoms with Gasteiger partial charge in [-0.15, -0.1) is 0 Å². The zero-order valence-corrected chi connectivity index (χ0v) is 10.0. The van der Waals surface area contributed by atoms with Crippen LogP contribution in [0.25, 0.3) is 0 Å². The maximum atomic E-state index is 5.76. The van der Waals surface area contributed by atoms with Crippen LogP contribution in [-0.2, 0) is 4.74 Å². The fourth-order valence-electron chi connectivity index (χ4n) is 2.83. The first kappa shape index (κ1) is 11.4. The number of ether oxygens (including phenoxy) is 1. The Kier molecular flexibility index (Phi) is 4.00. The van der Waals surface area contributed by atoms with Gasteiger partial charge in [-0.1, -0.05) is 6.92 Å². The van der Waals surface area contributed by atoms with Gasteiger partial charge in [0.1, 0.15) is 0 Å². The second kappa shape index (κ2) is 5.28. The minimum Gasteiger partial charge on any atom is -0.377 e. The van der Waals surface area contributed by atoms with E-state index in [4.69, 9.17) is 4.74 Å². The van der Waals surface area contributed by atoms with E-state index in [0.717, 1.165) is 13.2 Å². The summed E-state index contributed by atoms with van der Waals surface area (Å²) in [6.45, 7) is 9.01. The van der Waals surface area contributed by atoms with Crippen molar-refractivity contribution in [3.63, 3.8) is 0 Å². The lowest BCUT2D eigenvalue weighted by molar-refractivity contribution is 0.0399. The Morgan fingerprint density at radius 1 is 1.47 bits per heavy atom. The van der Waals surface area contributed by atoms with Crippen molar-refractivity contribution in [3.8, 4) is 0 Å².